The molecule has 2 unspecified atom stereocenters. The van der Waals surface area contributed by atoms with E-state index in [0.717, 1.165) is 16.0 Å². The van der Waals surface area contributed by atoms with E-state index in [2.05, 4.69) is 0 Å². The number of piperazine rings is 2. The summed E-state index contributed by atoms with van der Waals surface area (Å²) in [5, 5.41) is 9.44. The van der Waals surface area contributed by atoms with Gasteiger partial charge in [-0.15, -0.1) is 0 Å². The molecule has 2 aromatic rings. The van der Waals surface area contributed by atoms with E-state index in [-0.39, 0.29) is 52.5 Å². The first-order chi connectivity index (χ1) is 24.9. The summed E-state index contributed by atoms with van der Waals surface area (Å²) in [4.78, 5) is 78.0. The zero-order valence-corrected chi connectivity index (χ0v) is 31.3. The molecule has 4 amide bonds. The maximum Gasteiger partial charge on any atom is 0.411 e. The molecule has 0 bridgehead atoms. The Kier molecular flexibility index (Phi) is 14.9. The van der Waals surface area contributed by atoms with Crippen LogP contribution >= 0.6 is 0 Å². The Morgan fingerprint density at radius 2 is 0.981 bits per heavy atom. The van der Waals surface area contributed by atoms with E-state index in [4.69, 9.17) is 23.7 Å². The Labute approximate surface area is 309 Å². The standard InChI is InChI=1S/C19H26N2O6.C18H24N2O6/c1-19(2,3)27-18(24)21-11-10-20(12-15(21)16(22)25-4)17(23)26-13-14-8-6-5-7-9-14;1-18(2,3)26-17(24)20-10-9-19(11-14(20)15(21)22)16(23)25-12-13-7-5-4-6-8-13/h5-9,15H,10-13H2,1-4H3;4-8,14H,9-12H2,1-3H3,(H,21,22). The van der Waals surface area contributed by atoms with Gasteiger partial charge in [-0.1, -0.05) is 60.7 Å². The number of carboxylic acids is 1. The topological polar surface area (TPSA) is 182 Å². The summed E-state index contributed by atoms with van der Waals surface area (Å²) < 4.78 is 25.9. The first-order valence-electron chi connectivity index (χ1n) is 17.1. The molecule has 0 spiro atoms. The minimum Gasteiger partial charge on any atom is -0.480 e. The highest BCUT2D eigenvalue weighted by molar-refractivity contribution is 5.83. The van der Waals surface area contributed by atoms with Gasteiger partial charge in [0.1, 0.15) is 24.4 Å². The van der Waals surface area contributed by atoms with Crippen LogP contribution in [0, 0.1) is 0 Å². The molecule has 2 heterocycles. The molecule has 2 saturated heterocycles. The molecule has 16 nitrogen and oxygen atoms in total. The maximum absolute atomic E-state index is 12.4. The fraction of sp³-hybridized carbons (Fsp3) is 0.514. The van der Waals surface area contributed by atoms with Gasteiger partial charge in [-0.2, -0.15) is 0 Å². The third kappa shape index (κ3) is 13.5. The highest BCUT2D eigenvalue weighted by atomic mass is 16.6. The number of ether oxygens (including phenoxy) is 5. The van der Waals surface area contributed by atoms with Crippen LogP contribution in [0.4, 0.5) is 19.2 Å². The number of hydrogen-bond acceptors (Lipinski definition) is 11. The van der Waals surface area contributed by atoms with Crippen molar-refractivity contribution in [2.24, 2.45) is 0 Å². The van der Waals surface area contributed by atoms with Crippen LogP contribution in [0.1, 0.15) is 52.7 Å². The Hall–Kier alpha value is -5.54. The van der Waals surface area contributed by atoms with E-state index in [9.17, 15) is 33.9 Å². The van der Waals surface area contributed by atoms with Crippen molar-refractivity contribution in [3.8, 4) is 0 Å². The first kappa shape index (κ1) is 41.9. The lowest BCUT2D eigenvalue weighted by molar-refractivity contribution is -0.149. The molecule has 290 valence electrons. The lowest BCUT2D eigenvalue weighted by Gasteiger charge is -2.39. The molecule has 2 atom stereocenters. The fourth-order valence-electron chi connectivity index (χ4n) is 5.15. The minimum atomic E-state index is -1.20. The molecule has 4 rings (SSSR count). The van der Waals surface area contributed by atoms with Crippen molar-refractivity contribution in [3.05, 3.63) is 71.8 Å². The predicted octanol–water partition coefficient (Wildman–Crippen LogP) is 4.75. The summed E-state index contributed by atoms with van der Waals surface area (Å²) in [6.45, 7) is 11.0. The molecule has 2 aliphatic heterocycles. The van der Waals surface area contributed by atoms with Crippen LogP contribution in [-0.4, -0.2) is 131 Å². The van der Waals surface area contributed by atoms with Crippen LogP contribution < -0.4 is 0 Å². The van der Waals surface area contributed by atoms with Gasteiger partial charge in [0.15, 0.2) is 12.1 Å². The average Bonchev–Trinajstić information content (AvgIpc) is 3.11. The summed E-state index contributed by atoms with van der Waals surface area (Å²) in [6, 6.07) is 16.4. The van der Waals surface area contributed by atoms with Crippen LogP contribution in [0.5, 0.6) is 0 Å². The van der Waals surface area contributed by atoms with Crippen molar-refractivity contribution in [1.29, 1.82) is 0 Å². The van der Waals surface area contributed by atoms with Gasteiger partial charge in [-0.3, -0.25) is 9.80 Å². The second-order valence-corrected chi connectivity index (χ2v) is 14.2. The Bertz CT molecular complexity index is 1560. The van der Waals surface area contributed by atoms with Crippen LogP contribution in [0.15, 0.2) is 60.7 Å². The number of nitrogens with zero attached hydrogens (tertiary/aromatic N) is 4. The van der Waals surface area contributed by atoms with Crippen molar-refractivity contribution in [1.82, 2.24) is 19.6 Å². The lowest BCUT2D eigenvalue weighted by atomic mass is 10.1. The number of hydrogen-bond donors (Lipinski definition) is 1. The molecular weight excluding hydrogens is 692 g/mol. The predicted molar refractivity (Wildman–Crippen MR) is 190 cm³/mol. The highest BCUT2D eigenvalue weighted by Crippen LogP contribution is 2.19. The van der Waals surface area contributed by atoms with Gasteiger partial charge in [0.2, 0.25) is 0 Å². The van der Waals surface area contributed by atoms with Gasteiger partial charge in [-0.25, -0.2) is 28.8 Å². The summed E-state index contributed by atoms with van der Waals surface area (Å²) in [5.74, 6) is -1.81. The summed E-state index contributed by atoms with van der Waals surface area (Å²) in [5.41, 5.74) is 0.279. The lowest BCUT2D eigenvalue weighted by Crippen LogP contribution is -2.60. The largest absolute Gasteiger partial charge is 0.480 e. The van der Waals surface area contributed by atoms with Gasteiger partial charge >= 0.3 is 36.3 Å². The number of carboxylic acid groups (broad SMARTS) is 1. The second kappa shape index (κ2) is 18.8. The molecule has 0 aromatic heterocycles. The minimum absolute atomic E-state index is 0.0143. The third-order valence-electron chi connectivity index (χ3n) is 7.70. The Balaban J connectivity index is 0.000000286. The van der Waals surface area contributed by atoms with E-state index < -0.39 is 59.6 Å². The van der Waals surface area contributed by atoms with Gasteiger partial charge in [-0.05, 0) is 52.7 Å². The van der Waals surface area contributed by atoms with Crippen LogP contribution in [0.2, 0.25) is 0 Å². The molecule has 16 heteroatoms. The number of aliphatic carboxylic acids is 1. The molecule has 2 aromatic carbocycles. The Morgan fingerprint density at radius 3 is 1.34 bits per heavy atom. The monoisotopic (exact) mass is 742 g/mol. The quantitative estimate of drug-likeness (QED) is 0.318. The smallest absolute Gasteiger partial charge is 0.411 e. The van der Waals surface area contributed by atoms with Crippen LogP contribution in [-0.2, 0) is 46.5 Å². The fourth-order valence-corrected chi connectivity index (χ4v) is 5.15. The van der Waals surface area contributed by atoms with Crippen molar-refractivity contribution < 1.29 is 57.6 Å². The number of methoxy groups -OCH3 is 1. The van der Waals surface area contributed by atoms with Crippen LogP contribution in [0.3, 0.4) is 0 Å². The zero-order chi connectivity index (χ0) is 39.3. The summed E-state index contributed by atoms with van der Waals surface area (Å²) in [6.07, 6.45) is -2.47. The third-order valence-corrected chi connectivity index (χ3v) is 7.70. The first-order valence-corrected chi connectivity index (χ1v) is 17.1. The number of benzene rings is 2. The van der Waals surface area contributed by atoms with Gasteiger partial charge in [0.05, 0.1) is 20.2 Å². The molecule has 0 aliphatic carbocycles. The molecule has 0 radical (unpaired) electrons. The van der Waals surface area contributed by atoms with E-state index in [1.165, 1.54) is 21.8 Å². The molecule has 53 heavy (non-hydrogen) atoms. The SMILES string of the molecule is CC(C)(C)OC(=O)N1CCN(C(=O)OCc2ccccc2)CC1C(=O)O.COC(=O)C1CN(C(=O)OCc2ccccc2)CCN1C(=O)OC(C)(C)C. The molecule has 1 N–H and O–H groups in total. The molecular formula is C37H50N4O12. The van der Waals surface area contributed by atoms with Crippen molar-refractivity contribution in [2.75, 3.05) is 46.4 Å². The normalized spacial score (nSPS) is 17.4. The van der Waals surface area contributed by atoms with E-state index >= 15 is 0 Å². The maximum atomic E-state index is 12.4. The summed E-state index contributed by atoms with van der Waals surface area (Å²) in [7, 11) is 1.24. The summed E-state index contributed by atoms with van der Waals surface area (Å²) >= 11 is 0. The van der Waals surface area contributed by atoms with Gasteiger partial charge < -0.3 is 38.6 Å². The van der Waals surface area contributed by atoms with Crippen molar-refractivity contribution in [3.63, 3.8) is 0 Å². The molecule has 0 saturated carbocycles. The zero-order valence-electron chi connectivity index (χ0n) is 31.3. The number of rotatable bonds is 6. The van der Waals surface area contributed by atoms with Crippen molar-refractivity contribution in [2.45, 2.75) is 78.0 Å². The van der Waals surface area contributed by atoms with E-state index in [1.807, 2.05) is 60.7 Å². The van der Waals surface area contributed by atoms with Gasteiger partial charge in [0.25, 0.3) is 0 Å². The van der Waals surface area contributed by atoms with E-state index in [0.29, 0.717) is 0 Å². The molecule has 2 fully saturated rings. The molecule has 2 aliphatic rings. The van der Waals surface area contributed by atoms with Gasteiger partial charge in [0, 0.05) is 26.2 Å². The van der Waals surface area contributed by atoms with Crippen molar-refractivity contribution >= 4 is 36.3 Å². The number of esters is 1. The number of carbonyl (C=O) groups is 6. The number of carbonyl (C=O) groups excluding carboxylic acids is 5. The average molecular weight is 743 g/mol. The Morgan fingerprint density at radius 1 is 0.604 bits per heavy atom. The van der Waals surface area contributed by atoms with E-state index in [1.54, 1.807) is 41.5 Å². The number of amides is 4. The second-order valence-electron chi connectivity index (χ2n) is 14.2. The highest BCUT2D eigenvalue weighted by Gasteiger charge is 2.41. The van der Waals surface area contributed by atoms with Crippen LogP contribution in [0.25, 0.3) is 0 Å².